The summed E-state index contributed by atoms with van der Waals surface area (Å²) in [6.45, 7) is 2.83. The van der Waals surface area contributed by atoms with E-state index in [9.17, 15) is 0 Å². The second-order valence-electron chi connectivity index (χ2n) is 4.68. The Morgan fingerprint density at radius 1 is 1.38 bits per heavy atom. The van der Waals surface area contributed by atoms with E-state index in [2.05, 4.69) is 21.5 Å². The minimum absolute atomic E-state index is 0.378. The molecule has 2 heterocycles. The van der Waals surface area contributed by atoms with Crippen molar-refractivity contribution in [3.63, 3.8) is 0 Å². The average Bonchev–Trinajstić information content (AvgIpc) is 3.11. The van der Waals surface area contributed by atoms with E-state index >= 15 is 0 Å². The van der Waals surface area contributed by atoms with Gasteiger partial charge in [0, 0.05) is 17.1 Å². The molecule has 0 fully saturated rings. The predicted molar refractivity (Wildman–Crippen MR) is 86.4 cm³/mol. The van der Waals surface area contributed by atoms with Crippen molar-refractivity contribution in [1.82, 2.24) is 14.5 Å². The van der Waals surface area contributed by atoms with E-state index in [0.29, 0.717) is 12.4 Å². The van der Waals surface area contributed by atoms with Gasteiger partial charge < -0.3 is 9.30 Å². The Kier molecular flexibility index (Phi) is 4.12. The van der Waals surface area contributed by atoms with Gasteiger partial charge in [-0.2, -0.15) is 0 Å². The van der Waals surface area contributed by atoms with E-state index in [1.54, 1.807) is 18.4 Å². The molecule has 0 spiro atoms. The summed E-state index contributed by atoms with van der Waals surface area (Å²) < 4.78 is 7.42. The lowest BCUT2D eigenvalue weighted by Gasteiger charge is -2.06. The molecule has 0 atom stereocenters. The normalized spacial score (nSPS) is 11.2. The lowest BCUT2D eigenvalue weighted by Crippen LogP contribution is -2.03. The molecule has 3 aromatic rings. The maximum Gasteiger partial charge on any atom is 0.125 e. The topological polar surface area (TPSA) is 39.9 Å². The number of halogens is 1. The average molecular weight is 322 g/mol. The largest absolute Gasteiger partial charge is 0.497 e. The van der Waals surface area contributed by atoms with Crippen molar-refractivity contribution in [1.29, 1.82) is 0 Å². The molecule has 0 amide bonds. The number of nitrogens with zero attached hydrogens (tertiary/aromatic N) is 3. The number of hydrogen-bond donors (Lipinski definition) is 0. The minimum atomic E-state index is 0.378. The van der Waals surface area contributed by atoms with Crippen LogP contribution in [0, 0.1) is 0 Å². The van der Waals surface area contributed by atoms with Crippen LogP contribution in [-0.4, -0.2) is 21.6 Å². The summed E-state index contributed by atoms with van der Waals surface area (Å²) in [4.78, 5) is 10.4. The smallest absolute Gasteiger partial charge is 0.125 e. The fraction of sp³-hybridized carbons (Fsp3) is 0.333. The van der Waals surface area contributed by atoms with Crippen LogP contribution in [0.25, 0.3) is 11.0 Å². The molecule has 0 unspecified atom stereocenters. The zero-order valence-corrected chi connectivity index (χ0v) is 13.5. The standard InChI is InChI=1S/C15H16ClN3OS/c1-3-11-8-17-15(21-11)9-19-13-6-10(20-2)4-5-12(13)18-14(19)7-16/h4-6,8H,3,7,9H2,1-2H3. The van der Waals surface area contributed by atoms with Crippen LogP contribution >= 0.6 is 22.9 Å². The molecule has 0 radical (unpaired) electrons. The summed E-state index contributed by atoms with van der Waals surface area (Å²) in [6.07, 6.45) is 2.96. The molecule has 0 aliphatic rings. The van der Waals surface area contributed by atoms with Gasteiger partial charge >= 0.3 is 0 Å². The van der Waals surface area contributed by atoms with Gasteiger partial charge in [-0.05, 0) is 18.6 Å². The molecule has 0 aliphatic carbocycles. The van der Waals surface area contributed by atoms with Gasteiger partial charge in [0.05, 0.1) is 30.6 Å². The third-order valence-corrected chi connectivity index (χ3v) is 4.76. The van der Waals surface area contributed by atoms with Crippen LogP contribution in [0.4, 0.5) is 0 Å². The summed E-state index contributed by atoms with van der Waals surface area (Å²) in [7, 11) is 1.67. The molecule has 0 aliphatic heterocycles. The van der Waals surface area contributed by atoms with E-state index in [0.717, 1.165) is 34.0 Å². The zero-order chi connectivity index (χ0) is 14.8. The van der Waals surface area contributed by atoms with E-state index in [4.69, 9.17) is 16.3 Å². The number of benzene rings is 1. The van der Waals surface area contributed by atoms with Gasteiger partial charge in [-0.15, -0.1) is 22.9 Å². The molecule has 0 saturated heterocycles. The van der Waals surface area contributed by atoms with Crippen LogP contribution in [0.2, 0.25) is 0 Å². The van der Waals surface area contributed by atoms with Crippen LogP contribution < -0.4 is 4.74 Å². The molecule has 2 aromatic heterocycles. The van der Waals surface area contributed by atoms with Crippen molar-refractivity contribution in [2.45, 2.75) is 25.8 Å². The first-order valence-corrected chi connectivity index (χ1v) is 8.13. The monoisotopic (exact) mass is 321 g/mol. The molecule has 1 aromatic carbocycles. The Hall–Kier alpha value is -1.59. The van der Waals surface area contributed by atoms with Gasteiger partial charge in [-0.25, -0.2) is 9.97 Å². The second kappa shape index (κ2) is 6.03. The maximum absolute atomic E-state index is 6.04. The summed E-state index contributed by atoms with van der Waals surface area (Å²) in [6, 6.07) is 5.86. The minimum Gasteiger partial charge on any atom is -0.497 e. The van der Waals surface area contributed by atoms with Gasteiger partial charge in [0.1, 0.15) is 16.6 Å². The van der Waals surface area contributed by atoms with Crippen molar-refractivity contribution >= 4 is 34.0 Å². The number of fused-ring (bicyclic) bond motifs is 1. The van der Waals surface area contributed by atoms with Gasteiger partial charge in [0.2, 0.25) is 0 Å². The molecule has 4 nitrogen and oxygen atoms in total. The summed E-state index contributed by atoms with van der Waals surface area (Å²) in [5.41, 5.74) is 1.96. The van der Waals surface area contributed by atoms with E-state index in [1.807, 2.05) is 24.4 Å². The van der Waals surface area contributed by atoms with Gasteiger partial charge in [-0.3, -0.25) is 0 Å². The van der Waals surface area contributed by atoms with Gasteiger partial charge in [0.25, 0.3) is 0 Å². The SMILES string of the molecule is CCc1cnc(Cn2c(CCl)nc3ccc(OC)cc32)s1. The molecule has 110 valence electrons. The number of imidazole rings is 1. The molecule has 6 heteroatoms. The van der Waals surface area contributed by atoms with Crippen LogP contribution in [0.1, 0.15) is 22.6 Å². The summed E-state index contributed by atoms with van der Waals surface area (Å²) in [5, 5.41) is 1.07. The summed E-state index contributed by atoms with van der Waals surface area (Å²) >= 11 is 7.78. The van der Waals surface area contributed by atoms with Crippen molar-refractivity contribution in [3.05, 3.63) is 40.1 Å². The van der Waals surface area contributed by atoms with Gasteiger partial charge in [-0.1, -0.05) is 6.92 Å². The van der Waals surface area contributed by atoms with Crippen LogP contribution in [0.15, 0.2) is 24.4 Å². The van der Waals surface area contributed by atoms with E-state index in [1.165, 1.54) is 4.88 Å². The Morgan fingerprint density at radius 2 is 2.24 bits per heavy atom. The lowest BCUT2D eigenvalue weighted by molar-refractivity contribution is 0.415. The molecule has 3 rings (SSSR count). The third-order valence-electron chi connectivity index (χ3n) is 3.40. The molecule has 0 saturated carbocycles. The number of aromatic nitrogens is 3. The number of aryl methyl sites for hydroxylation is 1. The molecular weight excluding hydrogens is 306 g/mol. The Labute approximate surface area is 132 Å². The molecule has 0 bridgehead atoms. The van der Waals surface area contributed by atoms with Crippen molar-refractivity contribution in [3.8, 4) is 5.75 Å². The molecular formula is C15H16ClN3OS. The van der Waals surface area contributed by atoms with Crippen LogP contribution in [0.3, 0.4) is 0 Å². The van der Waals surface area contributed by atoms with Gasteiger partial charge in [0.15, 0.2) is 0 Å². The first-order valence-electron chi connectivity index (χ1n) is 6.77. The number of thiazole rings is 1. The van der Waals surface area contributed by atoms with Crippen LogP contribution in [0.5, 0.6) is 5.75 Å². The molecule has 21 heavy (non-hydrogen) atoms. The highest BCUT2D eigenvalue weighted by atomic mass is 35.5. The number of rotatable bonds is 5. The predicted octanol–water partition coefficient (Wildman–Crippen LogP) is 3.85. The fourth-order valence-corrected chi connectivity index (χ4v) is 3.33. The lowest BCUT2D eigenvalue weighted by atomic mass is 10.3. The number of methoxy groups -OCH3 is 1. The maximum atomic E-state index is 6.04. The van der Waals surface area contributed by atoms with Crippen molar-refractivity contribution in [2.24, 2.45) is 0 Å². The highest BCUT2D eigenvalue weighted by Gasteiger charge is 2.13. The van der Waals surface area contributed by atoms with E-state index < -0.39 is 0 Å². The Morgan fingerprint density at radius 3 is 2.90 bits per heavy atom. The third kappa shape index (κ3) is 2.76. The first-order chi connectivity index (χ1) is 10.2. The van der Waals surface area contributed by atoms with Crippen LogP contribution in [-0.2, 0) is 18.8 Å². The number of hydrogen-bond acceptors (Lipinski definition) is 4. The highest BCUT2D eigenvalue weighted by Crippen LogP contribution is 2.25. The molecule has 0 N–H and O–H groups in total. The Balaban J connectivity index is 2.05. The first kappa shape index (κ1) is 14.4. The fourth-order valence-electron chi connectivity index (χ4n) is 2.28. The summed E-state index contributed by atoms with van der Waals surface area (Å²) in [5.74, 6) is 2.05. The quantitative estimate of drug-likeness (QED) is 0.670. The number of alkyl halides is 1. The Bertz CT molecular complexity index is 765. The van der Waals surface area contributed by atoms with Crippen molar-refractivity contribution in [2.75, 3.05) is 7.11 Å². The van der Waals surface area contributed by atoms with E-state index in [-0.39, 0.29) is 0 Å². The highest BCUT2D eigenvalue weighted by molar-refractivity contribution is 7.11. The zero-order valence-electron chi connectivity index (χ0n) is 12.0. The van der Waals surface area contributed by atoms with Crippen molar-refractivity contribution < 1.29 is 4.74 Å². The number of ether oxygens (including phenoxy) is 1. The second-order valence-corrected chi connectivity index (χ2v) is 6.14.